The van der Waals surface area contributed by atoms with Gasteiger partial charge in [-0.15, -0.1) is 0 Å². The summed E-state index contributed by atoms with van der Waals surface area (Å²) in [6, 6.07) is 15.1. The quantitative estimate of drug-likeness (QED) is 0.553. The average Bonchev–Trinajstić information content (AvgIpc) is 3.43. The Bertz CT molecular complexity index is 1060. The maximum Gasteiger partial charge on any atom is 0.408 e. The van der Waals surface area contributed by atoms with Crippen LogP contribution in [0.4, 0.5) is 4.79 Å². The molecule has 2 aromatic rings. The number of nitrogens with one attached hydrogen (secondary N) is 2. The third-order valence-corrected chi connectivity index (χ3v) is 7.01. The number of hydrogen-bond donors (Lipinski definition) is 3. The first kappa shape index (κ1) is 22.4. The van der Waals surface area contributed by atoms with Crippen molar-refractivity contribution in [2.24, 2.45) is 5.92 Å². The molecule has 2 atom stereocenters. The average molecular weight is 465 g/mol. The SMILES string of the molecule is O=C(NC1(C(=O)N[C@@H](CC2CC2)C(=O)O)CCOC1)OCC1c2ccccc2-c2ccccc21. The lowest BCUT2D eigenvalue weighted by molar-refractivity contribution is -0.143. The fourth-order valence-electron chi connectivity index (χ4n) is 4.93. The van der Waals surface area contributed by atoms with E-state index in [0.717, 1.165) is 35.1 Å². The van der Waals surface area contributed by atoms with Gasteiger partial charge < -0.3 is 25.2 Å². The molecular formula is C26H28N2O6. The number of rotatable bonds is 8. The number of hydrogen-bond acceptors (Lipinski definition) is 5. The first-order chi connectivity index (χ1) is 16.5. The van der Waals surface area contributed by atoms with Gasteiger partial charge in [-0.1, -0.05) is 61.4 Å². The summed E-state index contributed by atoms with van der Waals surface area (Å²) in [6.45, 7) is 0.383. The van der Waals surface area contributed by atoms with Crippen LogP contribution in [0.2, 0.25) is 0 Å². The Morgan fingerprint density at radius 2 is 1.71 bits per heavy atom. The zero-order valence-electron chi connectivity index (χ0n) is 18.8. The zero-order chi connectivity index (χ0) is 23.7. The van der Waals surface area contributed by atoms with Gasteiger partial charge in [0.2, 0.25) is 5.91 Å². The van der Waals surface area contributed by atoms with Crippen molar-refractivity contribution in [1.82, 2.24) is 10.6 Å². The van der Waals surface area contributed by atoms with Crippen LogP contribution >= 0.6 is 0 Å². The van der Waals surface area contributed by atoms with Gasteiger partial charge in [-0.05, 0) is 34.6 Å². The molecule has 3 aliphatic rings. The van der Waals surface area contributed by atoms with Crippen molar-refractivity contribution in [3.05, 3.63) is 59.7 Å². The highest BCUT2D eigenvalue weighted by Crippen LogP contribution is 2.44. The number of amides is 2. The molecule has 2 aromatic carbocycles. The van der Waals surface area contributed by atoms with E-state index < -0.39 is 29.6 Å². The fraction of sp³-hybridized carbons (Fsp3) is 0.423. The second-order valence-electron chi connectivity index (χ2n) is 9.38. The Balaban J connectivity index is 1.25. The Hall–Kier alpha value is -3.39. The predicted octanol–water partition coefficient (Wildman–Crippen LogP) is 3.05. The van der Waals surface area contributed by atoms with Crippen molar-refractivity contribution in [3.63, 3.8) is 0 Å². The van der Waals surface area contributed by atoms with Gasteiger partial charge in [0, 0.05) is 18.9 Å². The highest BCUT2D eigenvalue weighted by Gasteiger charge is 2.46. The Morgan fingerprint density at radius 3 is 2.26 bits per heavy atom. The van der Waals surface area contributed by atoms with Gasteiger partial charge in [0.25, 0.3) is 0 Å². The smallest absolute Gasteiger partial charge is 0.408 e. The van der Waals surface area contributed by atoms with Gasteiger partial charge in [-0.3, -0.25) is 4.79 Å². The number of benzene rings is 2. The van der Waals surface area contributed by atoms with Crippen LogP contribution in [-0.2, 0) is 19.1 Å². The maximum absolute atomic E-state index is 13.1. The van der Waals surface area contributed by atoms with Crippen LogP contribution in [0.5, 0.6) is 0 Å². The Labute approximate surface area is 197 Å². The van der Waals surface area contributed by atoms with Gasteiger partial charge >= 0.3 is 12.1 Å². The number of ether oxygens (including phenoxy) is 2. The monoisotopic (exact) mass is 464 g/mol. The number of carbonyl (C=O) groups is 3. The van der Waals surface area contributed by atoms with E-state index in [1.54, 1.807) is 0 Å². The summed E-state index contributed by atoms with van der Waals surface area (Å²) in [5.74, 6) is -1.40. The largest absolute Gasteiger partial charge is 0.480 e. The van der Waals surface area contributed by atoms with E-state index in [2.05, 4.69) is 22.8 Å². The Kier molecular flexibility index (Phi) is 6.00. The molecule has 178 valence electrons. The van der Waals surface area contributed by atoms with E-state index in [0.29, 0.717) is 12.3 Å². The minimum Gasteiger partial charge on any atom is -0.480 e. The number of carbonyl (C=O) groups excluding carboxylic acids is 2. The summed E-state index contributed by atoms with van der Waals surface area (Å²) in [5, 5.41) is 14.8. The molecule has 5 rings (SSSR count). The second kappa shape index (κ2) is 9.10. The highest BCUT2D eigenvalue weighted by atomic mass is 16.6. The lowest BCUT2D eigenvalue weighted by atomic mass is 9.96. The van der Waals surface area contributed by atoms with E-state index in [1.807, 2.05) is 36.4 Å². The molecule has 1 unspecified atom stereocenters. The number of fused-ring (bicyclic) bond motifs is 3. The van der Waals surface area contributed by atoms with Crippen LogP contribution in [0.3, 0.4) is 0 Å². The van der Waals surface area contributed by atoms with Gasteiger partial charge in [0.15, 0.2) is 0 Å². The minimum atomic E-state index is -1.35. The normalized spacial score (nSPS) is 21.9. The molecule has 34 heavy (non-hydrogen) atoms. The molecule has 1 saturated carbocycles. The van der Waals surface area contributed by atoms with Crippen molar-refractivity contribution in [2.45, 2.75) is 43.2 Å². The standard InChI is InChI=1S/C26H28N2O6/c29-23(30)22(13-16-9-10-16)27-24(31)26(11-12-33-15-26)28-25(32)34-14-21-19-7-3-1-5-17(19)18-6-2-4-8-20(18)21/h1-8,16,21-22H,9-15H2,(H,27,31)(H,28,32)(H,29,30)/t22-,26?/m0/s1. The fourth-order valence-corrected chi connectivity index (χ4v) is 4.93. The molecule has 1 saturated heterocycles. The molecule has 0 radical (unpaired) electrons. The second-order valence-corrected chi connectivity index (χ2v) is 9.38. The predicted molar refractivity (Wildman–Crippen MR) is 123 cm³/mol. The van der Waals surface area contributed by atoms with Crippen LogP contribution in [0, 0.1) is 5.92 Å². The lowest BCUT2D eigenvalue weighted by Crippen LogP contribution is -2.62. The molecule has 2 aliphatic carbocycles. The molecule has 0 bridgehead atoms. The van der Waals surface area contributed by atoms with Crippen LogP contribution in [0.15, 0.2) is 48.5 Å². The van der Waals surface area contributed by atoms with E-state index in [-0.39, 0.29) is 32.2 Å². The van der Waals surface area contributed by atoms with Crippen LogP contribution < -0.4 is 10.6 Å². The topological polar surface area (TPSA) is 114 Å². The van der Waals surface area contributed by atoms with Crippen molar-refractivity contribution < 1.29 is 29.0 Å². The van der Waals surface area contributed by atoms with E-state index >= 15 is 0 Å². The summed E-state index contributed by atoms with van der Waals surface area (Å²) in [5.41, 5.74) is 3.10. The molecule has 2 fully saturated rings. The number of alkyl carbamates (subject to hydrolysis) is 1. The zero-order valence-corrected chi connectivity index (χ0v) is 18.8. The molecule has 8 heteroatoms. The lowest BCUT2D eigenvalue weighted by Gasteiger charge is -2.29. The molecule has 0 aromatic heterocycles. The van der Waals surface area contributed by atoms with Gasteiger partial charge in [-0.2, -0.15) is 0 Å². The van der Waals surface area contributed by atoms with Gasteiger partial charge in [-0.25, -0.2) is 9.59 Å². The number of carboxylic acid groups (broad SMARTS) is 1. The third kappa shape index (κ3) is 4.37. The molecule has 2 amide bonds. The van der Waals surface area contributed by atoms with Crippen molar-refractivity contribution in [3.8, 4) is 11.1 Å². The van der Waals surface area contributed by atoms with E-state index in [1.165, 1.54) is 0 Å². The molecular weight excluding hydrogens is 436 g/mol. The molecule has 0 spiro atoms. The number of aliphatic carboxylic acids is 1. The van der Waals surface area contributed by atoms with E-state index in [4.69, 9.17) is 9.47 Å². The molecule has 8 nitrogen and oxygen atoms in total. The first-order valence-electron chi connectivity index (χ1n) is 11.7. The Morgan fingerprint density at radius 1 is 1.06 bits per heavy atom. The van der Waals surface area contributed by atoms with E-state index in [9.17, 15) is 19.5 Å². The van der Waals surface area contributed by atoms with Crippen LogP contribution in [-0.4, -0.2) is 54.5 Å². The van der Waals surface area contributed by atoms with Crippen molar-refractivity contribution in [1.29, 1.82) is 0 Å². The molecule has 3 N–H and O–H groups in total. The van der Waals surface area contributed by atoms with Crippen molar-refractivity contribution >= 4 is 18.0 Å². The minimum absolute atomic E-state index is 0.0290. The van der Waals surface area contributed by atoms with Crippen molar-refractivity contribution in [2.75, 3.05) is 19.8 Å². The summed E-state index contributed by atoms with van der Waals surface area (Å²) in [7, 11) is 0. The summed E-state index contributed by atoms with van der Waals surface area (Å²) < 4.78 is 11.0. The third-order valence-electron chi connectivity index (χ3n) is 7.01. The van der Waals surface area contributed by atoms with Gasteiger partial charge in [0.1, 0.15) is 18.2 Å². The summed E-state index contributed by atoms with van der Waals surface area (Å²) in [6.07, 6.45) is 1.87. The molecule has 1 heterocycles. The van der Waals surface area contributed by atoms with Gasteiger partial charge in [0.05, 0.1) is 6.61 Å². The van der Waals surface area contributed by atoms with Crippen LogP contribution in [0.1, 0.15) is 42.7 Å². The maximum atomic E-state index is 13.1. The molecule has 1 aliphatic heterocycles. The summed E-state index contributed by atoms with van der Waals surface area (Å²) >= 11 is 0. The number of carboxylic acids is 1. The first-order valence-corrected chi connectivity index (χ1v) is 11.7. The highest BCUT2D eigenvalue weighted by molar-refractivity contribution is 5.93. The summed E-state index contributed by atoms with van der Waals surface area (Å²) in [4.78, 5) is 37.5. The van der Waals surface area contributed by atoms with Crippen LogP contribution in [0.25, 0.3) is 11.1 Å².